The van der Waals surface area contributed by atoms with Crippen LogP contribution in [0, 0.1) is 5.92 Å². The molecule has 6 heteroatoms. The maximum atomic E-state index is 14.2. The first-order chi connectivity index (χ1) is 14.2. The molecule has 11 fully saturated rings. The number of carbonyl (C=O) groups is 4. The van der Waals surface area contributed by atoms with Gasteiger partial charge in [0.25, 0.3) is 0 Å². The molecule has 10 aliphatic heterocycles. The third-order valence-corrected chi connectivity index (χ3v) is 61.3. The van der Waals surface area contributed by atoms with Crippen molar-refractivity contribution in [3.8, 4) is 0 Å². The summed E-state index contributed by atoms with van der Waals surface area (Å²) in [6, 6.07) is 0. The van der Waals surface area contributed by atoms with Crippen LogP contribution in [0.5, 0.6) is 0 Å². The molecular weight excluding hydrogens is 424 g/mol. The summed E-state index contributed by atoms with van der Waals surface area (Å²) >= 11 is 0. The fraction of sp³-hybridized carbons (Fsp3) is 0.833. The number of rotatable bonds is 9. The van der Waals surface area contributed by atoms with Gasteiger partial charge >= 0.3 is 165 Å². The van der Waals surface area contributed by atoms with E-state index in [1.807, 2.05) is 6.92 Å². The number of unbranched alkanes of at least 4 members (excludes halogenated alkanes) is 1. The summed E-state index contributed by atoms with van der Waals surface area (Å²) in [4.78, 5) is 59.2. The summed E-state index contributed by atoms with van der Waals surface area (Å²) in [5, 5.41) is 0. The van der Waals surface area contributed by atoms with Gasteiger partial charge in [0.05, 0.1) is 0 Å². The van der Waals surface area contributed by atoms with E-state index < -0.39 is 6.51 Å². The molecule has 1 saturated carbocycles. The summed E-state index contributed by atoms with van der Waals surface area (Å²) in [6.07, 6.45) is 4.59. The first-order valence-electron chi connectivity index (χ1n) is 12.2. The van der Waals surface area contributed by atoms with E-state index in [1.54, 1.807) is 0 Å². The number of fused-ring (bicyclic) bond motifs is 10. The third kappa shape index (κ3) is 0.266. The molecule has 0 amide bonds. The van der Waals surface area contributed by atoms with Gasteiger partial charge in [-0.15, -0.1) is 0 Å². The van der Waals surface area contributed by atoms with Gasteiger partial charge in [0.1, 0.15) is 0 Å². The second kappa shape index (κ2) is 1.89. The van der Waals surface area contributed by atoms with Gasteiger partial charge < -0.3 is 0 Å². The van der Waals surface area contributed by atoms with Crippen LogP contribution in [-0.2, 0) is 30.4 Å². The molecule has 30 heavy (non-hydrogen) atoms. The van der Waals surface area contributed by atoms with Gasteiger partial charge in [0, 0.05) is 0 Å². The molecule has 10 heterocycles. The summed E-state index contributed by atoms with van der Waals surface area (Å²) in [7, 11) is 0. The van der Waals surface area contributed by atoms with Crippen LogP contribution >= 0.6 is 0 Å². The Labute approximate surface area is 165 Å². The van der Waals surface area contributed by atoms with Crippen molar-refractivity contribution in [2.45, 2.75) is 99.0 Å². The van der Waals surface area contributed by atoms with Crippen LogP contribution in [0.15, 0.2) is 0 Å². The first kappa shape index (κ1) is 14.9. The molecule has 6 unspecified atom stereocenters. The molecule has 0 radical (unpaired) electrons. The Morgan fingerprint density at radius 1 is 0.967 bits per heavy atom. The Bertz CT molecular complexity index is 1450. The standard InChI is InChI=1S/C19H23O5.C5H5.Fe/c1-2-24-18(22)12-4-3-10-16(20)13-7-5-8-14(13)19(23)15-9-6-11-17(15)21;1-2-4-5-3-1;/h5,7-8,15H,2-4,6,9-12H2,1H3;1-5H;. The van der Waals surface area contributed by atoms with Gasteiger partial charge in [-0.3, -0.25) is 0 Å². The van der Waals surface area contributed by atoms with Crippen LogP contribution in [0.4, 0.5) is 0 Å². The molecule has 0 aromatic heterocycles. The monoisotopic (exact) mass is 452 g/mol. The van der Waals surface area contributed by atoms with E-state index in [-0.39, 0.29) is 26.3 Å². The van der Waals surface area contributed by atoms with Crippen LogP contribution in [0.2, 0.25) is 47.2 Å². The van der Waals surface area contributed by atoms with Crippen LogP contribution in [-0.4, -0.2) is 29.9 Å². The molecule has 11 aliphatic rings. The minimum absolute atomic E-state index is 0.157. The third-order valence-electron chi connectivity index (χ3n) is 18.6. The zero-order valence-electron chi connectivity index (χ0n) is 17.2. The van der Waals surface area contributed by atoms with Crippen molar-refractivity contribution in [3.63, 3.8) is 0 Å². The second-order valence-electron chi connectivity index (χ2n) is 14.5. The van der Waals surface area contributed by atoms with E-state index in [9.17, 15) is 19.2 Å². The number of ether oxygens (including phenoxy) is 1. The summed E-state index contributed by atoms with van der Waals surface area (Å²) in [5.41, 5.74) is 0. The predicted octanol–water partition coefficient (Wildman–Crippen LogP) is 4.75. The van der Waals surface area contributed by atoms with Crippen molar-refractivity contribution in [3.05, 3.63) is 0 Å². The average Bonchev–Trinajstić information content (AvgIpc) is 3.61. The van der Waals surface area contributed by atoms with Crippen molar-refractivity contribution < 1.29 is 30.4 Å². The van der Waals surface area contributed by atoms with Gasteiger partial charge in [-0.25, -0.2) is 0 Å². The van der Waals surface area contributed by atoms with E-state index in [4.69, 9.17) is 4.74 Å². The Morgan fingerprint density at radius 3 is 2.13 bits per heavy atom. The van der Waals surface area contributed by atoms with Crippen LogP contribution in [0.3, 0.4) is 0 Å². The Hall–Kier alpha value is -1.00. The van der Waals surface area contributed by atoms with Gasteiger partial charge in [-0.1, -0.05) is 0 Å². The molecular formula is C24H28FeO5. The maximum absolute atomic E-state index is 14.2. The van der Waals surface area contributed by atoms with E-state index in [2.05, 4.69) is 0 Å². The van der Waals surface area contributed by atoms with Gasteiger partial charge in [0.15, 0.2) is 0 Å². The second-order valence-corrected chi connectivity index (χ2v) is 37.7. The zero-order valence-corrected chi connectivity index (χ0v) is 18.4. The molecule has 0 bridgehead atoms. The van der Waals surface area contributed by atoms with Crippen molar-refractivity contribution in [2.24, 2.45) is 5.92 Å². The molecule has 0 aromatic carbocycles. The van der Waals surface area contributed by atoms with E-state index in [0.717, 1.165) is 48.2 Å². The van der Waals surface area contributed by atoms with Crippen LogP contribution < -0.4 is 0 Å². The number of carbonyl (C=O) groups excluding carboxylic acids is 4. The van der Waals surface area contributed by atoms with Crippen LogP contribution in [0.1, 0.15) is 51.9 Å². The molecule has 10 saturated heterocycles. The molecule has 6 atom stereocenters. The Morgan fingerprint density at radius 2 is 1.60 bits per heavy atom. The van der Waals surface area contributed by atoms with E-state index in [1.165, 1.54) is 0 Å². The topological polar surface area (TPSA) is 77.5 Å². The van der Waals surface area contributed by atoms with Crippen molar-refractivity contribution in [1.82, 2.24) is 0 Å². The number of hydrogen-bond donors (Lipinski definition) is 0. The molecule has 0 aromatic rings. The molecule has 11 rings (SSSR count). The average molecular weight is 452 g/mol. The van der Waals surface area contributed by atoms with Crippen molar-refractivity contribution >= 4 is 23.3 Å². The number of esters is 1. The van der Waals surface area contributed by atoms with E-state index >= 15 is 0 Å². The van der Waals surface area contributed by atoms with Crippen molar-refractivity contribution in [2.75, 3.05) is 6.61 Å². The fourth-order valence-electron chi connectivity index (χ4n) is 20.4. The summed E-state index contributed by atoms with van der Waals surface area (Å²) in [6.45, 7) is -1.94. The van der Waals surface area contributed by atoms with E-state index in [0.29, 0.717) is 53.5 Å². The molecule has 1 spiro atoms. The Balaban J connectivity index is 1.02. The molecule has 1 aliphatic carbocycles. The minimum atomic E-state index is -4.15. The molecule has 5 nitrogen and oxygen atoms in total. The normalized spacial score (nSPS) is 79.9. The van der Waals surface area contributed by atoms with Gasteiger partial charge in [-0.05, 0) is 0 Å². The van der Waals surface area contributed by atoms with Crippen molar-refractivity contribution in [1.29, 1.82) is 0 Å². The molecule has 0 N–H and O–H groups in total. The van der Waals surface area contributed by atoms with Gasteiger partial charge in [-0.2, -0.15) is 0 Å². The number of Topliss-reactive ketones (excluding diaryl/α,β-unsaturated/α-hetero) is 3. The fourth-order valence-corrected chi connectivity index (χ4v) is 96.2. The van der Waals surface area contributed by atoms with Crippen LogP contribution in [0.25, 0.3) is 0 Å². The first-order valence-corrected chi connectivity index (χ1v) is 18.4. The number of hydrogen-bond acceptors (Lipinski definition) is 5. The van der Waals surface area contributed by atoms with Gasteiger partial charge in [0.2, 0.25) is 0 Å². The molecule has 162 valence electrons. The SMILES string of the molecule is CCOC(=O)CCCCC(=O)[C]12[CH]3[CH]4[CH]5[C]1(C(=O)C1CCCC1=O)[Fe]43521678[CH]2[CH]1[CH]6[CH]7[CH]28. The number of ketones is 3. The predicted molar refractivity (Wildman–Crippen MR) is 103 cm³/mol. The summed E-state index contributed by atoms with van der Waals surface area (Å²) < 4.78 is 4.66. The zero-order chi connectivity index (χ0) is 20.2. The Kier molecular flexibility index (Phi) is 0.940. The summed E-state index contributed by atoms with van der Waals surface area (Å²) in [5.74, 6) is 0.457. The quantitative estimate of drug-likeness (QED) is 0.219.